The second-order valence-corrected chi connectivity index (χ2v) is 8.07. The van der Waals surface area contributed by atoms with Gasteiger partial charge in [0.05, 0.1) is 13.2 Å². The Morgan fingerprint density at radius 2 is 1.57 bits per heavy atom. The Kier molecular flexibility index (Phi) is 5.51. The van der Waals surface area contributed by atoms with Crippen LogP contribution in [-0.4, -0.2) is 27.7 Å². The molecule has 3 rings (SSSR count). The van der Waals surface area contributed by atoms with Crippen molar-refractivity contribution in [2.75, 3.05) is 13.4 Å². The number of carbonyl (C=O) groups excluding carboxylic acids is 1. The summed E-state index contributed by atoms with van der Waals surface area (Å²) in [6.45, 7) is 0. The number of rotatable bonds is 6. The number of hydrogen-bond acceptors (Lipinski definition) is 5. The van der Waals surface area contributed by atoms with E-state index in [1.807, 2.05) is 0 Å². The van der Waals surface area contributed by atoms with Gasteiger partial charge in [-0.15, -0.1) is 0 Å². The summed E-state index contributed by atoms with van der Waals surface area (Å²) in [5.41, 5.74) is 1.38. The highest BCUT2D eigenvalue weighted by atomic mass is 32.2. The summed E-state index contributed by atoms with van der Waals surface area (Å²) in [5.74, 6) is -0.481. The SMILES string of the molecule is COc1ccc(C(NC(=O)c2ccc(S(C)(=O)=O)o2)c2ccc(F)cc2)cc1. The molecular formula is C20H18FNO5S. The number of carbonyl (C=O) groups is 1. The van der Waals surface area contributed by atoms with Crippen molar-refractivity contribution in [3.8, 4) is 5.75 Å². The standard InChI is InChI=1S/C20H18FNO5S/c1-26-16-9-5-14(6-10-16)19(13-3-7-15(21)8-4-13)22-20(23)17-11-12-18(27-17)28(2,24)25/h3-12,19H,1-2H3,(H,22,23). The Balaban J connectivity index is 1.93. The molecule has 1 unspecified atom stereocenters. The van der Waals surface area contributed by atoms with E-state index in [0.29, 0.717) is 11.3 Å². The maximum atomic E-state index is 13.3. The molecule has 1 amide bonds. The molecule has 1 atom stereocenters. The quantitative estimate of drug-likeness (QED) is 0.682. The third-order valence-corrected chi connectivity index (χ3v) is 5.05. The minimum atomic E-state index is -3.56. The minimum absolute atomic E-state index is 0.138. The van der Waals surface area contributed by atoms with Gasteiger partial charge in [-0.25, -0.2) is 12.8 Å². The van der Waals surface area contributed by atoms with Crippen molar-refractivity contribution >= 4 is 15.7 Å². The van der Waals surface area contributed by atoms with Crippen LogP contribution in [0, 0.1) is 5.82 Å². The maximum absolute atomic E-state index is 13.3. The lowest BCUT2D eigenvalue weighted by molar-refractivity contribution is 0.0909. The Bertz CT molecular complexity index is 1070. The summed E-state index contributed by atoms with van der Waals surface area (Å²) >= 11 is 0. The number of hydrogen-bond donors (Lipinski definition) is 1. The minimum Gasteiger partial charge on any atom is -0.497 e. The van der Waals surface area contributed by atoms with Crippen LogP contribution in [0.3, 0.4) is 0 Å². The molecule has 0 bridgehead atoms. The fraction of sp³-hybridized carbons (Fsp3) is 0.150. The second kappa shape index (κ2) is 7.85. The van der Waals surface area contributed by atoms with E-state index in [9.17, 15) is 17.6 Å². The number of amides is 1. The Morgan fingerprint density at radius 1 is 1.00 bits per heavy atom. The first-order valence-electron chi connectivity index (χ1n) is 8.28. The van der Waals surface area contributed by atoms with Gasteiger partial charge in [-0.2, -0.15) is 0 Å². The van der Waals surface area contributed by atoms with Gasteiger partial charge in [0.15, 0.2) is 5.76 Å². The van der Waals surface area contributed by atoms with Crippen molar-refractivity contribution in [1.29, 1.82) is 0 Å². The Hall–Kier alpha value is -3.13. The molecule has 8 heteroatoms. The van der Waals surface area contributed by atoms with Crippen LogP contribution in [-0.2, 0) is 9.84 Å². The van der Waals surface area contributed by atoms with Crippen molar-refractivity contribution in [3.05, 3.63) is 83.4 Å². The molecule has 0 aliphatic heterocycles. The van der Waals surface area contributed by atoms with E-state index < -0.39 is 27.6 Å². The Labute approximate surface area is 161 Å². The zero-order valence-electron chi connectivity index (χ0n) is 15.2. The first-order chi connectivity index (χ1) is 13.3. The molecule has 0 saturated heterocycles. The van der Waals surface area contributed by atoms with Crippen LogP contribution in [0.4, 0.5) is 4.39 Å². The van der Waals surface area contributed by atoms with Gasteiger partial charge in [-0.1, -0.05) is 24.3 Å². The smallest absolute Gasteiger partial charge is 0.287 e. The lowest BCUT2D eigenvalue weighted by atomic mass is 9.98. The average Bonchev–Trinajstić information content (AvgIpc) is 3.18. The highest BCUT2D eigenvalue weighted by Crippen LogP contribution is 2.25. The van der Waals surface area contributed by atoms with E-state index in [4.69, 9.17) is 9.15 Å². The fourth-order valence-corrected chi connectivity index (χ4v) is 3.21. The van der Waals surface area contributed by atoms with Crippen molar-refractivity contribution in [3.63, 3.8) is 0 Å². The zero-order valence-corrected chi connectivity index (χ0v) is 16.0. The molecule has 1 aromatic heterocycles. The first-order valence-corrected chi connectivity index (χ1v) is 10.2. The number of benzene rings is 2. The average molecular weight is 403 g/mol. The molecule has 1 heterocycles. The molecule has 6 nitrogen and oxygen atoms in total. The van der Waals surface area contributed by atoms with Crippen molar-refractivity contribution in [2.24, 2.45) is 0 Å². The number of furan rings is 1. The lowest BCUT2D eigenvalue weighted by Gasteiger charge is -2.19. The van der Waals surface area contributed by atoms with Crippen molar-refractivity contribution in [2.45, 2.75) is 11.1 Å². The van der Waals surface area contributed by atoms with Crippen molar-refractivity contribution < 1.29 is 26.8 Å². The molecular weight excluding hydrogens is 385 g/mol. The van der Waals surface area contributed by atoms with Crippen LogP contribution in [0.5, 0.6) is 5.75 Å². The van der Waals surface area contributed by atoms with E-state index in [1.54, 1.807) is 43.5 Å². The predicted molar refractivity (Wildman–Crippen MR) is 101 cm³/mol. The van der Waals surface area contributed by atoms with Gasteiger partial charge in [-0.3, -0.25) is 4.79 Å². The third-order valence-electron chi connectivity index (χ3n) is 4.10. The first kappa shape index (κ1) is 19.6. The van der Waals surface area contributed by atoms with Crippen LogP contribution in [0.1, 0.15) is 27.7 Å². The second-order valence-electron chi connectivity index (χ2n) is 6.12. The van der Waals surface area contributed by atoms with Crippen LogP contribution < -0.4 is 10.1 Å². The summed E-state index contributed by atoms with van der Waals surface area (Å²) in [5, 5.41) is 2.51. The Morgan fingerprint density at radius 3 is 2.07 bits per heavy atom. The van der Waals surface area contributed by atoms with Crippen LogP contribution >= 0.6 is 0 Å². The van der Waals surface area contributed by atoms with Gasteiger partial charge in [0.1, 0.15) is 11.6 Å². The maximum Gasteiger partial charge on any atom is 0.287 e. The summed E-state index contributed by atoms with van der Waals surface area (Å²) in [4.78, 5) is 12.6. The molecule has 0 aliphatic rings. The van der Waals surface area contributed by atoms with Crippen LogP contribution in [0.2, 0.25) is 0 Å². The van der Waals surface area contributed by atoms with Gasteiger partial charge in [0.25, 0.3) is 5.91 Å². The molecule has 0 fully saturated rings. The highest BCUT2D eigenvalue weighted by Gasteiger charge is 2.22. The predicted octanol–water partition coefficient (Wildman–Crippen LogP) is 3.35. The van der Waals surface area contributed by atoms with Gasteiger partial charge >= 0.3 is 0 Å². The molecule has 2 aromatic carbocycles. The summed E-state index contributed by atoms with van der Waals surface area (Å²) < 4.78 is 46.7. The highest BCUT2D eigenvalue weighted by molar-refractivity contribution is 7.90. The van der Waals surface area contributed by atoms with Crippen molar-refractivity contribution in [1.82, 2.24) is 5.32 Å². The third kappa shape index (κ3) is 4.40. The monoisotopic (exact) mass is 403 g/mol. The van der Waals surface area contributed by atoms with E-state index in [1.165, 1.54) is 24.3 Å². The number of ether oxygens (including phenoxy) is 1. The molecule has 1 N–H and O–H groups in total. The van der Waals surface area contributed by atoms with Gasteiger partial charge in [-0.05, 0) is 47.5 Å². The number of nitrogens with one attached hydrogen (secondary N) is 1. The van der Waals surface area contributed by atoms with Gasteiger partial charge in [0.2, 0.25) is 14.9 Å². The van der Waals surface area contributed by atoms with E-state index in [2.05, 4.69) is 5.32 Å². The number of halogens is 1. The molecule has 0 radical (unpaired) electrons. The van der Waals surface area contributed by atoms with Gasteiger partial charge < -0.3 is 14.5 Å². The zero-order chi connectivity index (χ0) is 20.3. The van der Waals surface area contributed by atoms with E-state index in [-0.39, 0.29) is 10.9 Å². The number of methoxy groups -OCH3 is 1. The van der Waals surface area contributed by atoms with E-state index >= 15 is 0 Å². The molecule has 0 saturated carbocycles. The molecule has 3 aromatic rings. The summed E-state index contributed by atoms with van der Waals surface area (Å²) in [6.07, 6.45) is 0.992. The van der Waals surface area contributed by atoms with Crippen LogP contribution in [0.25, 0.3) is 0 Å². The largest absolute Gasteiger partial charge is 0.497 e. The summed E-state index contributed by atoms with van der Waals surface area (Å²) in [7, 11) is -2.02. The molecule has 0 aliphatic carbocycles. The molecule has 28 heavy (non-hydrogen) atoms. The summed E-state index contributed by atoms with van der Waals surface area (Å²) in [6, 6.07) is 14.7. The fourth-order valence-electron chi connectivity index (χ4n) is 2.65. The molecule has 0 spiro atoms. The lowest BCUT2D eigenvalue weighted by Crippen LogP contribution is -2.29. The van der Waals surface area contributed by atoms with E-state index in [0.717, 1.165) is 11.8 Å². The molecule has 146 valence electrons. The number of sulfone groups is 1. The van der Waals surface area contributed by atoms with Gasteiger partial charge in [0, 0.05) is 6.26 Å². The van der Waals surface area contributed by atoms with Crippen LogP contribution in [0.15, 0.2) is 70.2 Å². The normalized spacial score (nSPS) is 12.4. The topological polar surface area (TPSA) is 85.6 Å².